The Kier molecular flexibility index (Phi) is 9.39. The van der Waals surface area contributed by atoms with Crippen LogP contribution in [0.1, 0.15) is 0 Å². The van der Waals surface area contributed by atoms with Crippen molar-refractivity contribution >= 4 is 28.5 Å². The Morgan fingerprint density at radius 1 is 0.667 bits per heavy atom. The number of aromatic nitrogens is 4. The first-order valence-corrected chi connectivity index (χ1v) is 9.35. The fraction of sp³-hybridized carbons (Fsp3) is 0. The molecule has 30 heavy (non-hydrogen) atoms. The van der Waals surface area contributed by atoms with Crippen molar-refractivity contribution in [3.05, 3.63) is 90.4 Å². The second-order valence-corrected chi connectivity index (χ2v) is 6.62. The molecule has 0 bridgehead atoms. The summed E-state index contributed by atoms with van der Waals surface area (Å²) >= 11 is 3.19. The van der Waals surface area contributed by atoms with Crippen LogP contribution in [0.3, 0.4) is 0 Å². The normalized spacial score (nSPS) is 9.43. The van der Waals surface area contributed by atoms with E-state index in [-0.39, 0.29) is 11.5 Å². The smallest absolute Gasteiger partial charge is 0.488 e. The number of benzene rings is 2. The summed E-state index contributed by atoms with van der Waals surface area (Å²) in [5.74, 6) is 0.284. The predicted octanol–water partition coefficient (Wildman–Crippen LogP) is 2.16. The Hall–Kier alpha value is -3.34. The van der Waals surface area contributed by atoms with Gasteiger partial charge in [0.15, 0.2) is 0 Å². The molecule has 0 aliphatic carbocycles. The minimum atomic E-state index is -1.51. The molecule has 0 saturated heterocycles. The van der Waals surface area contributed by atoms with Crippen molar-refractivity contribution in [3.8, 4) is 22.6 Å². The van der Waals surface area contributed by atoms with Crippen LogP contribution in [-0.4, -0.2) is 47.3 Å². The molecule has 4 N–H and O–H groups in total. The number of phenols is 2. The molecule has 0 radical (unpaired) electrons. The van der Waals surface area contributed by atoms with Crippen LogP contribution in [0.2, 0.25) is 0 Å². The summed E-state index contributed by atoms with van der Waals surface area (Å²) in [5, 5.41) is 35.3. The molecule has 0 amide bonds. The van der Waals surface area contributed by atoms with Crippen molar-refractivity contribution < 1.29 is 20.3 Å². The van der Waals surface area contributed by atoms with Crippen molar-refractivity contribution in [2.24, 2.45) is 0 Å². The van der Waals surface area contributed by atoms with Gasteiger partial charge < -0.3 is 20.3 Å². The third-order valence-corrected chi connectivity index (χ3v) is 3.85. The van der Waals surface area contributed by atoms with E-state index < -0.39 is 7.12 Å². The van der Waals surface area contributed by atoms with E-state index in [1.165, 1.54) is 30.9 Å². The maximum absolute atomic E-state index is 9.23. The molecule has 0 saturated carbocycles. The topological polar surface area (TPSA) is 132 Å². The lowest BCUT2D eigenvalue weighted by atomic mass is 9.80. The van der Waals surface area contributed by atoms with Gasteiger partial charge in [-0.15, -0.1) is 0 Å². The molecule has 152 valence electrons. The first-order chi connectivity index (χ1) is 14.5. The van der Waals surface area contributed by atoms with Gasteiger partial charge in [0.2, 0.25) is 0 Å². The summed E-state index contributed by atoms with van der Waals surface area (Å²) in [5.41, 5.74) is 2.11. The lowest BCUT2D eigenvalue weighted by molar-refractivity contribution is 0.424. The minimum absolute atomic E-state index is 0.0330. The van der Waals surface area contributed by atoms with Gasteiger partial charge in [0.25, 0.3) is 0 Å². The zero-order valence-corrected chi connectivity index (χ0v) is 17.2. The summed E-state index contributed by atoms with van der Waals surface area (Å²) < 4.78 is 0.912. The van der Waals surface area contributed by atoms with E-state index >= 15 is 0 Å². The molecule has 2 heterocycles. The van der Waals surface area contributed by atoms with Crippen LogP contribution >= 0.6 is 15.9 Å². The standard InChI is InChI=1S/C10H8N2O.C6H7BO3.C4H3BrN2/c13-10-3-1-2-8(4-10)9-5-11-7-12-6-9;8-6-3-1-2-5(4-6)7(9)10;5-4-1-6-3-7-2-4/h1-7,13H;1-4,8-10H;1-3H. The highest BCUT2D eigenvalue weighted by atomic mass is 79.9. The largest absolute Gasteiger partial charge is 0.508 e. The van der Waals surface area contributed by atoms with Crippen molar-refractivity contribution in [1.82, 2.24) is 19.9 Å². The van der Waals surface area contributed by atoms with E-state index in [2.05, 4.69) is 35.9 Å². The van der Waals surface area contributed by atoms with Crippen LogP contribution in [0.15, 0.2) is 90.4 Å². The average molecular weight is 469 g/mol. The van der Waals surface area contributed by atoms with Gasteiger partial charge in [0.05, 0.1) is 4.47 Å². The van der Waals surface area contributed by atoms with E-state index in [0.29, 0.717) is 5.46 Å². The Balaban J connectivity index is 0.000000168. The average Bonchev–Trinajstić information content (AvgIpc) is 2.76. The molecule has 10 heteroatoms. The lowest BCUT2D eigenvalue weighted by Crippen LogP contribution is -2.29. The molecule has 2 aromatic heterocycles. The zero-order valence-electron chi connectivity index (χ0n) is 15.6. The quantitative estimate of drug-likeness (QED) is 0.329. The molecule has 0 unspecified atom stereocenters. The molecular formula is C20H18BBrN4O4. The molecule has 8 nitrogen and oxygen atoms in total. The second kappa shape index (κ2) is 12.3. The number of rotatable bonds is 2. The maximum Gasteiger partial charge on any atom is 0.488 e. The molecule has 0 atom stereocenters. The molecule has 0 aliphatic heterocycles. The predicted molar refractivity (Wildman–Crippen MR) is 117 cm³/mol. The number of aromatic hydroxyl groups is 2. The number of hydrogen-bond donors (Lipinski definition) is 4. The van der Waals surface area contributed by atoms with Crippen molar-refractivity contribution in [2.45, 2.75) is 0 Å². The van der Waals surface area contributed by atoms with Gasteiger partial charge in [-0.2, -0.15) is 0 Å². The van der Waals surface area contributed by atoms with E-state index in [4.69, 9.17) is 15.2 Å². The lowest BCUT2D eigenvalue weighted by Gasteiger charge is -1.99. The van der Waals surface area contributed by atoms with Crippen LogP contribution in [-0.2, 0) is 0 Å². The molecule has 0 spiro atoms. The van der Waals surface area contributed by atoms with E-state index in [0.717, 1.165) is 15.6 Å². The number of halogens is 1. The summed E-state index contributed by atoms with van der Waals surface area (Å²) in [6.07, 6.45) is 9.76. The SMILES string of the molecule is Brc1cncnc1.OB(O)c1cccc(O)c1.Oc1cccc(-c2cncnc2)c1. The van der Waals surface area contributed by atoms with Gasteiger partial charge >= 0.3 is 7.12 Å². The highest BCUT2D eigenvalue weighted by Crippen LogP contribution is 2.21. The van der Waals surface area contributed by atoms with Crippen molar-refractivity contribution in [1.29, 1.82) is 0 Å². The van der Waals surface area contributed by atoms with Crippen LogP contribution in [0.5, 0.6) is 11.5 Å². The van der Waals surface area contributed by atoms with Gasteiger partial charge in [-0.1, -0.05) is 24.3 Å². The summed E-state index contributed by atoms with van der Waals surface area (Å²) in [6, 6.07) is 12.8. The van der Waals surface area contributed by atoms with Gasteiger partial charge in [0, 0.05) is 30.4 Å². The molecule has 4 rings (SSSR count). The van der Waals surface area contributed by atoms with Gasteiger partial charge in [-0.25, -0.2) is 19.9 Å². The molecule has 4 aromatic rings. The third kappa shape index (κ3) is 8.35. The van der Waals surface area contributed by atoms with Crippen LogP contribution in [0.25, 0.3) is 11.1 Å². The van der Waals surface area contributed by atoms with Gasteiger partial charge in [-0.05, 0) is 51.2 Å². The Bertz CT molecular complexity index is 1030. The summed E-state index contributed by atoms with van der Waals surface area (Å²) in [4.78, 5) is 15.2. The second-order valence-electron chi connectivity index (χ2n) is 5.70. The fourth-order valence-electron chi connectivity index (χ4n) is 2.10. The number of hydrogen-bond acceptors (Lipinski definition) is 8. The maximum atomic E-state index is 9.23. The number of nitrogens with zero attached hydrogens (tertiary/aromatic N) is 4. The first-order valence-electron chi connectivity index (χ1n) is 8.55. The minimum Gasteiger partial charge on any atom is -0.508 e. The van der Waals surface area contributed by atoms with Gasteiger partial charge in [-0.3, -0.25) is 0 Å². The highest BCUT2D eigenvalue weighted by molar-refractivity contribution is 9.10. The van der Waals surface area contributed by atoms with Crippen LogP contribution in [0.4, 0.5) is 0 Å². The van der Waals surface area contributed by atoms with Gasteiger partial charge in [0.1, 0.15) is 24.2 Å². The Morgan fingerprint density at radius 3 is 1.63 bits per heavy atom. The van der Waals surface area contributed by atoms with E-state index in [9.17, 15) is 5.11 Å². The Morgan fingerprint density at radius 2 is 1.20 bits per heavy atom. The summed E-state index contributed by atoms with van der Waals surface area (Å²) in [7, 11) is -1.51. The third-order valence-electron chi connectivity index (χ3n) is 3.44. The monoisotopic (exact) mass is 468 g/mol. The zero-order chi connectivity index (χ0) is 21.8. The molecular weight excluding hydrogens is 451 g/mol. The van der Waals surface area contributed by atoms with Crippen molar-refractivity contribution in [2.75, 3.05) is 0 Å². The fourth-order valence-corrected chi connectivity index (χ4v) is 2.34. The van der Waals surface area contributed by atoms with E-state index in [1.54, 1.807) is 49.1 Å². The van der Waals surface area contributed by atoms with Crippen molar-refractivity contribution in [3.63, 3.8) is 0 Å². The first kappa shape index (κ1) is 22.9. The number of phenolic OH excluding ortho intramolecular Hbond substituents is 2. The molecule has 0 aliphatic rings. The molecule has 2 aromatic carbocycles. The van der Waals surface area contributed by atoms with Crippen LogP contribution in [0, 0.1) is 0 Å². The Labute approximate surface area is 181 Å². The highest BCUT2D eigenvalue weighted by Gasteiger charge is 2.09. The van der Waals surface area contributed by atoms with Crippen LogP contribution < -0.4 is 5.46 Å². The molecule has 0 fully saturated rings. The van der Waals surface area contributed by atoms with E-state index in [1.807, 2.05) is 6.07 Å². The summed E-state index contributed by atoms with van der Waals surface area (Å²) in [6.45, 7) is 0.